The van der Waals surface area contributed by atoms with Crippen molar-refractivity contribution in [3.8, 4) is 0 Å². The van der Waals surface area contributed by atoms with Gasteiger partial charge >= 0.3 is 11.7 Å². The van der Waals surface area contributed by atoms with Crippen LogP contribution in [0.3, 0.4) is 0 Å². The summed E-state index contributed by atoms with van der Waals surface area (Å²) in [6.45, 7) is -0.330. The fraction of sp³-hybridized carbons (Fsp3) is 0.455. The molecule has 1 aromatic rings. The van der Waals surface area contributed by atoms with Gasteiger partial charge in [0.25, 0.3) is 5.56 Å². The van der Waals surface area contributed by atoms with Crippen molar-refractivity contribution < 1.29 is 19.8 Å². The molecule has 0 aliphatic rings. The highest BCUT2D eigenvalue weighted by molar-refractivity contribution is 5.76. The predicted octanol–water partition coefficient (Wildman–Crippen LogP) is -2.50. The lowest BCUT2D eigenvalue weighted by molar-refractivity contribution is -0.147. The van der Waals surface area contributed by atoms with E-state index in [1.54, 1.807) is 0 Å². The van der Waals surface area contributed by atoms with Gasteiger partial charge in [-0.25, -0.2) is 9.59 Å². The number of hydrogen-bond donors (Lipinski definition) is 3. The number of carbonyl (C=O) groups is 2. The van der Waals surface area contributed by atoms with Crippen LogP contribution in [0.2, 0.25) is 0 Å². The molecular weight excluding hydrogens is 270 g/mol. The average Bonchev–Trinajstić information content (AvgIpc) is 2.39. The van der Waals surface area contributed by atoms with Crippen molar-refractivity contribution in [3.63, 3.8) is 0 Å². The molecule has 0 saturated carbocycles. The number of aromatic nitrogens is 2. The molecule has 20 heavy (non-hydrogen) atoms. The number of nitrogens with zero attached hydrogens (tertiary/aromatic N) is 2. The number of carboxylic acids is 1. The number of aliphatic hydroxyl groups is 1. The van der Waals surface area contributed by atoms with E-state index >= 15 is 0 Å². The number of nitrogens with one attached hydrogen (secondary N) is 1. The molecule has 1 aromatic heterocycles. The molecule has 0 radical (unpaired) electrons. The number of carboxylic acid groups (broad SMARTS) is 1. The third-order valence-electron chi connectivity index (χ3n) is 2.60. The second-order valence-electron chi connectivity index (χ2n) is 4.12. The number of aliphatic hydroxyl groups excluding tert-OH is 1. The minimum atomic E-state index is -1.55. The van der Waals surface area contributed by atoms with Crippen LogP contribution in [0.25, 0.3) is 0 Å². The van der Waals surface area contributed by atoms with Gasteiger partial charge in [-0.2, -0.15) is 0 Å². The molecule has 0 fully saturated rings. The largest absolute Gasteiger partial charge is 0.479 e. The van der Waals surface area contributed by atoms with Crippen LogP contribution in [0.4, 0.5) is 0 Å². The SMILES string of the molecule is Cn1c(=O)ccn(CC(=O)NCC[C@H](O)C(=O)O)c1=O. The summed E-state index contributed by atoms with van der Waals surface area (Å²) in [5.41, 5.74) is -1.10. The van der Waals surface area contributed by atoms with Gasteiger partial charge in [0.1, 0.15) is 6.54 Å². The fourth-order valence-corrected chi connectivity index (χ4v) is 1.42. The zero-order valence-corrected chi connectivity index (χ0v) is 10.8. The standard InChI is InChI=1S/C11H15N3O6/c1-13-9(17)3-5-14(11(13)20)6-8(16)12-4-2-7(15)10(18)19/h3,5,7,15H,2,4,6H2,1H3,(H,12,16)(H,18,19)/t7-/m0/s1. The van der Waals surface area contributed by atoms with E-state index in [1.807, 2.05) is 0 Å². The first-order valence-corrected chi connectivity index (χ1v) is 5.77. The summed E-state index contributed by atoms with van der Waals surface area (Å²) in [4.78, 5) is 44.6. The first-order chi connectivity index (χ1) is 9.32. The van der Waals surface area contributed by atoms with Crippen LogP contribution in [0, 0.1) is 0 Å². The second kappa shape index (κ2) is 6.66. The summed E-state index contributed by atoms with van der Waals surface area (Å²) in [6, 6.07) is 1.16. The van der Waals surface area contributed by atoms with E-state index < -0.39 is 29.2 Å². The third-order valence-corrected chi connectivity index (χ3v) is 2.60. The van der Waals surface area contributed by atoms with Gasteiger partial charge in [-0.1, -0.05) is 0 Å². The maximum absolute atomic E-state index is 11.6. The van der Waals surface area contributed by atoms with E-state index in [1.165, 1.54) is 13.2 Å². The van der Waals surface area contributed by atoms with Crippen molar-refractivity contribution in [2.75, 3.05) is 6.54 Å². The molecule has 0 saturated heterocycles. The molecule has 9 nitrogen and oxygen atoms in total. The fourth-order valence-electron chi connectivity index (χ4n) is 1.42. The Morgan fingerprint density at radius 2 is 2.05 bits per heavy atom. The van der Waals surface area contributed by atoms with E-state index in [9.17, 15) is 19.2 Å². The quantitative estimate of drug-likeness (QED) is 0.529. The van der Waals surface area contributed by atoms with E-state index in [2.05, 4.69) is 5.32 Å². The molecule has 1 rings (SSSR count). The minimum absolute atomic E-state index is 0.0349. The molecule has 0 unspecified atom stereocenters. The van der Waals surface area contributed by atoms with Gasteiger partial charge < -0.3 is 15.5 Å². The van der Waals surface area contributed by atoms with Crippen LogP contribution in [0.1, 0.15) is 6.42 Å². The highest BCUT2D eigenvalue weighted by Gasteiger charge is 2.13. The van der Waals surface area contributed by atoms with Crippen LogP contribution >= 0.6 is 0 Å². The minimum Gasteiger partial charge on any atom is -0.479 e. The van der Waals surface area contributed by atoms with E-state index in [0.29, 0.717) is 0 Å². The second-order valence-corrected chi connectivity index (χ2v) is 4.12. The van der Waals surface area contributed by atoms with Gasteiger partial charge in [0, 0.05) is 32.3 Å². The van der Waals surface area contributed by atoms with Gasteiger partial charge in [0.05, 0.1) is 0 Å². The Morgan fingerprint density at radius 3 is 2.65 bits per heavy atom. The van der Waals surface area contributed by atoms with Crippen LogP contribution in [0.5, 0.6) is 0 Å². The van der Waals surface area contributed by atoms with Crippen LogP contribution in [-0.4, -0.2) is 43.9 Å². The number of carbonyl (C=O) groups excluding carboxylic acids is 1. The molecule has 0 aromatic carbocycles. The maximum atomic E-state index is 11.6. The highest BCUT2D eigenvalue weighted by Crippen LogP contribution is 1.89. The Balaban J connectivity index is 2.56. The van der Waals surface area contributed by atoms with Gasteiger partial charge in [-0.3, -0.25) is 18.7 Å². The normalized spacial score (nSPS) is 11.9. The zero-order chi connectivity index (χ0) is 15.3. The molecule has 1 amide bonds. The molecule has 0 aliphatic carbocycles. The molecule has 9 heteroatoms. The van der Waals surface area contributed by atoms with Crippen molar-refractivity contribution in [1.82, 2.24) is 14.5 Å². The summed E-state index contributed by atoms with van der Waals surface area (Å²) < 4.78 is 1.91. The monoisotopic (exact) mass is 285 g/mol. The Bertz CT molecular complexity index is 617. The summed E-state index contributed by atoms with van der Waals surface area (Å²) >= 11 is 0. The molecule has 110 valence electrons. The van der Waals surface area contributed by atoms with Crippen LogP contribution in [0.15, 0.2) is 21.9 Å². The lowest BCUT2D eigenvalue weighted by Gasteiger charge is -2.09. The lowest BCUT2D eigenvalue weighted by Crippen LogP contribution is -2.40. The number of hydrogen-bond acceptors (Lipinski definition) is 5. The van der Waals surface area contributed by atoms with E-state index in [-0.39, 0.29) is 19.5 Å². The van der Waals surface area contributed by atoms with Gasteiger partial charge in [0.15, 0.2) is 6.10 Å². The average molecular weight is 285 g/mol. The first kappa shape index (κ1) is 15.6. The van der Waals surface area contributed by atoms with Gasteiger partial charge in [0.2, 0.25) is 5.91 Å². The Morgan fingerprint density at radius 1 is 1.40 bits per heavy atom. The predicted molar refractivity (Wildman–Crippen MR) is 67.2 cm³/mol. The molecule has 1 atom stereocenters. The molecule has 3 N–H and O–H groups in total. The topological polar surface area (TPSA) is 131 Å². The Kier molecular flexibility index (Phi) is 5.21. The number of aliphatic carboxylic acids is 1. The van der Waals surface area contributed by atoms with Crippen molar-refractivity contribution >= 4 is 11.9 Å². The summed E-state index contributed by atoms with van der Waals surface area (Å²) in [5, 5.41) is 19.8. The third kappa shape index (κ3) is 4.05. The molecular formula is C11H15N3O6. The lowest BCUT2D eigenvalue weighted by atomic mass is 10.2. The summed E-state index contributed by atoms with van der Waals surface area (Å²) in [7, 11) is 1.29. The van der Waals surface area contributed by atoms with E-state index in [0.717, 1.165) is 15.2 Å². The van der Waals surface area contributed by atoms with Crippen molar-refractivity contribution in [3.05, 3.63) is 33.1 Å². The zero-order valence-electron chi connectivity index (χ0n) is 10.8. The number of amides is 1. The van der Waals surface area contributed by atoms with Crippen molar-refractivity contribution in [1.29, 1.82) is 0 Å². The van der Waals surface area contributed by atoms with Gasteiger partial charge in [-0.15, -0.1) is 0 Å². The van der Waals surface area contributed by atoms with Crippen molar-refractivity contribution in [2.24, 2.45) is 7.05 Å². The molecule has 0 spiro atoms. The number of rotatable bonds is 6. The molecule has 0 bridgehead atoms. The smallest absolute Gasteiger partial charge is 0.332 e. The maximum Gasteiger partial charge on any atom is 0.332 e. The summed E-state index contributed by atoms with van der Waals surface area (Å²) in [5.74, 6) is -1.89. The Labute approximate surface area is 113 Å². The first-order valence-electron chi connectivity index (χ1n) is 5.77. The van der Waals surface area contributed by atoms with Gasteiger partial charge in [-0.05, 0) is 0 Å². The molecule has 0 aliphatic heterocycles. The Hall–Kier alpha value is -2.42. The van der Waals surface area contributed by atoms with E-state index in [4.69, 9.17) is 10.2 Å². The van der Waals surface area contributed by atoms with Crippen LogP contribution in [-0.2, 0) is 23.2 Å². The van der Waals surface area contributed by atoms with Crippen LogP contribution < -0.4 is 16.6 Å². The highest BCUT2D eigenvalue weighted by atomic mass is 16.4. The molecule has 1 heterocycles. The summed E-state index contributed by atoms with van der Waals surface area (Å²) in [6.07, 6.45) is -0.477. The van der Waals surface area contributed by atoms with Crippen molar-refractivity contribution in [2.45, 2.75) is 19.1 Å².